The van der Waals surface area contributed by atoms with E-state index in [9.17, 15) is 15.3 Å². The fraction of sp³-hybridized carbons (Fsp3) is 0.333. The molecular formula is C18H22O3. The molecule has 2 rings (SSSR count). The van der Waals surface area contributed by atoms with Gasteiger partial charge in [-0.1, -0.05) is 26.8 Å². The first-order valence-electron chi connectivity index (χ1n) is 7.42. The molecule has 0 aromatic heterocycles. The van der Waals surface area contributed by atoms with E-state index in [0.29, 0.717) is 11.1 Å². The summed E-state index contributed by atoms with van der Waals surface area (Å²) in [5.41, 5.74) is 4.81. The molecule has 2 aromatic rings. The molecule has 0 heterocycles. The molecular weight excluding hydrogens is 264 g/mol. The van der Waals surface area contributed by atoms with Crippen LogP contribution in [0.4, 0.5) is 0 Å². The van der Waals surface area contributed by atoms with E-state index in [1.807, 2.05) is 13.0 Å². The first-order chi connectivity index (χ1) is 10.0. The van der Waals surface area contributed by atoms with E-state index in [1.165, 1.54) is 23.3 Å². The Balaban J connectivity index is 2.71. The summed E-state index contributed by atoms with van der Waals surface area (Å²) in [7, 11) is 0. The fourth-order valence-electron chi connectivity index (χ4n) is 2.88. The van der Waals surface area contributed by atoms with E-state index >= 15 is 0 Å². The van der Waals surface area contributed by atoms with Crippen molar-refractivity contribution in [2.24, 2.45) is 0 Å². The highest BCUT2D eigenvalue weighted by Gasteiger charge is 2.16. The van der Waals surface area contributed by atoms with Gasteiger partial charge in [0.25, 0.3) is 0 Å². The van der Waals surface area contributed by atoms with E-state index in [2.05, 4.69) is 13.8 Å². The van der Waals surface area contributed by atoms with Gasteiger partial charge in [0.05, 0.1) is 0 Å². The van der Waals surface area contributed by atoms with Gasteiger partial charge in [0.15, 0.2) is 11.5 Å². The molecule has 0 fully saturated rings. The number of aromatic hydroxyl groups is 3. The van der Waals surface area contributed by atoms with E-state index < -0.39 is 0 Å². The number of phenolic OH excluding ortho intramolecular Hbond substituents is 3. The number of rotatable bonds is 4. The summed E-state index contributed by atoms with van der Waals surface area (Å²) in [6.07, 6.45) is 2.55. The molecule has 0 aliphatic carbocycles. The normalized spacial score (nSPS) is 10.8. The molecule has 0 saturated carbocycles. The predicted octanol–water partition coefficient (Wildman–Crippen LogP) is 4.16. The van der Waals surface area contributed by atoms with Gasteiger partial charge in [0, 0.05) is 5.56 Å². The van der Waals surface area contributed by atoms with E-state index in [4.69, 9.17) is 0 Å². The quantitative estimate of drug-likeness (QED) is 0.740. The van der Waals surface area contributed by atoms with Crippen molar-refractivity contribution in [3.8, 4) is 28.4 Å². The van der Waals surface area contributed by atoms with Crippen molar-refractivity contribution in [2.75, 3.05) is 0 Å². The molecule has 2 aromatic carbocycles. The Labute approximate surface area is 125 Å². The maximum Gasteiger partial charge on any atom is 0.158 e. The maximum atomic E-state index is 10.6. The highest BCUT2D eigenvalue weighted by molar-refractivity contribution is 5.75. The van der Waals surface area contributed by atoms with Crippen LogP contribution in [0.3, 0.4) is 0 Å². The van der Waals surface area contributed by atoms with Crippen molar-refractivity contribution in [1.29, 1.82) is 0 Å². The molecule has 0 unspecified atom stereocenters. The minimum atomic E-state index is -0.178. The smallest absolute Gasteiger partial charge is 0.158 e. The largest absolute Gasteiger partial charge is 0.507 e. The van der Waals surface area contributed by atoms with Crippen LogP contribution in [0.2, 0.25) is 0 Å². The van der Waals surface area contributed by atoms with Gasteiger partial charge in [-0.15, -0.1) is 0 Å². The summed E-state index contributed by atoms with van der Waals surface area (Å²) in [5, 5.41) is 29.7. The second-order valence-electron chi connectivity index (χ2n) is 5.15. The molecule has 0 amide bonds. The van der Waals surface area contributed by atoms with E-state index in [0.717, 1.165) is 24.8 Å². The molecule has 0 spiro atoms. The predicted molar refractivity (Wildman–Crippen MR) is 85.0 cm³/mol. The Hall–Kier alpha value is -2.16. The van der Waals surface area contributed by atoms with Crippen LogP contribution in [-0.4, -0.2) is 15.3 Å². The third-order valence-electron chi connectivity index (χ3n) is 3.99. The SMILES string of the molecule is CCc1cc(-c2ccc(O)c(O)c2)c(O)c(CC)c1CC. The summed E-state index contributed by atoms with van der Waals surface area (Å²) in [6, 6.07) is 6.61. The third kappa shape index (κ3) is 2.68. The van der Waals surface area contributed by atoms with Crippen molar-refractivity contribution in [1.82, 2.24) is 0 Å². The van der Waals surface area contributed by atoms with Gasteiger partial charge >= 0.3 is 0 Å². The van der Waals surface area contributed by atoms with Crippen molar-refractivity contribution in [2.45, 2.75) is 40.0 Å². The maximum absolute atomic E-state index is 10.6. The standard InChI is InChI=1S/C18H22O3/c1-4-11-9-15(12-7-8-16(19)17(20)10-12)18(21)14(6-3)13(11)5-2/h7-10,19-21H,4-6H2,1-3H3. The molecule has 21 heavy (non-hydrogen) atoms. The lowest BCUT2D eigenvalue weighted by Gasteiger charge is -2.18. The van der Waals surface area contributed by atoms with Gasteiger partial charge in [-0.2, -0.15) is 0 Å². The average molecular weight is 286 g/mol. The highest BCUT2D eigenvalue weighted by atomic mass is 16.3. The topological polar surface area (TPSA) is 60.7 Å². The van der Waals surface area contributed by atoms with Crippen LogP contribution in [0.5, 0.6) is 17.2 Å². The fourth-order valence-corrected chi connectivity index (χ4v) is 2.88. The Bertz CT molecular complexity index is 660. The Morgan fingerprint density at radius 1 is 0.762 bits per heavy atom. The lowest BCUT2D eigenvalue weighted by Crippen LogP contribution is -2.00. The van der Waals surface area contributed by atoms with Crippen LogP contribution in [-0.2, 0) is 19.3 Å². The zero-order valence-corrected chi connectivity index (χ0v) is 12.8. The van der Waals surface area contributed by atoms with Crippen LogP contribution < -0.4 is 0 Å². The van der Waals surface area contributed by atoms with Gasteiger partial charge in [-0.25, -0.2) is 0 Å². The summed E-state index contributed by atoms with van der Waals surface area (Å²) in [4.78, 5) is 0. The number of aryl methyl sites for hydroxylation is 1. The van der Waals surface area contributed by atoms with Gasteiger partial charge in [-0.3, -0.25) is 0 Å². The van der Waals surface area contributed by atoms with Gasteiger partial charge < -0.3 is 15.3 Å². The van der Waals surface area contributed by atoms with Gasteiger partial charge in [-0.05, 0) is 59.7 Å². The van der Waals surface area contributed by atoms with Crippen molar-refractivity contribution < 1.29 is 15.3 Å². The van der Waals surface area contributed by atoms with Crippen molar-refractivity contribution >= 4 is 0 Å². The Morgan fingerprint density at radius 2 is 1.43 bits per heavy atom. The Kier molecular flexibility index (Phi) is 4.41. The van der Waals surface area contributed by atoms with Crippen LogP contribution in [0.25, 0.3) is 11.1 Å². The minimum Gasteiger partial charge on any atom is -0.507 e. The molecule has 3 nitrogen and oxygen atoms in total. The van der Waals surface area contributed by atoms with Gasteiger partial charge in [0.1, 0.15) is 5.75 Å². The van der Waals surface area contributed by atoms with E-state index in [1.54, 1.807) is 6.07 Å². The summed E-state index contributed by atoms with van der Waals surface area (Å²) >= 11 is 0. The number of hydrogen-bond donors (Lipinski definition) is 3. The number of phenols is 3. The number of hydrogen-bond acceptors (Lipinski definition) is 3. The average Bonchev–Trinajstić information content (AvgIpc) is 2.49. The monoisotopic (exact) mass is 286 g/mol. The van der Waals surface area contributed by atoms with Crippen LogP contribution in [0.1, 0.15) is 37.5 Å². The second kappa shape index (κ2) is 6.08. The van der Waals surface area contributed by atoms with Crippen LogP contribution >= 0.6 is 0 Å². The molecule has 0 aliphatic heterocycles. The lowest BCUT2D eigenvalue weighted by atomic mass is 9.89. The summed E-state index contributed by atoms with van der Waals surface area (Å²) in [6.45, 7) is 6.23. The van der Waals surface area contributed by atoms with Crippen LogP contribution in [0, 0.1) is 0 Å². The first-order valence-corrected chi connectivity index (χ1v) is 7.42. The first kappa shape index (κ1) is 15.2. The molecule has 0 radical (unpaired) electrons. The summed E-state index contributed by atoms with van der Waals surface area (Å²) < 4.78 is 0. The molecule has 0 bridgehead atoms. The molecule has 0 aliphatic rings. The van der Waals surface area contributed by atoms with E-state index in [-0.39, 0.29) is 17.2 Å². The van der Waals surface area contributed by atoms with Crippen LogP contribution in [0.15, 0.2) is 24.3 Å². The second-order valence-corrected chi connectivity index (χ2v) is 5.15. The zero-order chi connectivity index (χ0) is 15.6. The number of benzene rings is 2. The molecule has 0 saturated heterocycles. The van der Waals surface area contributed by atoms with Gasteiger partial charge in [0.2, 0.25) is 0 Å². The minimum absolute atomic E-state index is 0.158. The lowest BCUT2D eigenvalue weighted by molar-refractivity contribution is 0.404. The summed E-state index contributed by atoms with van der Waals surface area (Å²) in [5.74, 6) is -0.0611. The molecule has 0 atom stereocenters. The molecule has 112 valence electrons. The van der Waals surface area contributed by atoms with Crippen molar-refractivity contribution in [3.63, 3.8) is 0 Å². The zero-order valence-electron chi connectivity index (χ0n) is 12.8. The Morgan fingerprint density at radius 3 is 1.95 bits per heavy atom. The third-order valence-corrected chi connectivity index (χ3v) is 3.99. The molecule has 3 N–H and O–H groups in total. The highest BCUT2D eigenvalue weighted by Crippen LogP contribution is 2.39. The van der Waals surface area contributed by atoms with Crippen molar-refractivity contribution in [3.05, 3.63) is 41.0 Å². The molecule has 3 heteroatoms.